The predicted octanol–water partition coefficient (Wildman–Crippen LogP) is 4.65. The molecule has 0 aliphatic heterocycles. The first-order valence-electron chi connectivity index (χ1n) is 9.01. The lowest BCUT2D eigenvalue weighted by atomic mass is 9.95. The first kappa shape index (κ1) is 15.9. The second kappa shape index (κ2) is 7.13. The van der Waals surface area contributed by atoms with Gasteiger partial charge in [0.05, 0.1) is 11.5 Å². The summed E-state index contributed by atoms with van der Waals surface area (Å²) in [6.45, 7) is 0. The van der Waals surface area contributed by atoms with Gasteiger partial charge in [0.1, 0.15) is 5.78 Å². The molecule has 4 rings (SSSR count). The number of hydrogen-bond acceptors (Lipinski definition) is 5. The normalized spacial score (nSPS) is 22.8. The maximum atomic E-state index is 12.2. The van der Waals surface area contributed by atoms with E-state index < -0.39 is 0 Å². The second-order valence-corrected chi connectivity index (χ2v) is 7.93. The lowest BCUT2D eigenvalue weighted by Gasteiger charge is -2.26. The number of carbonyl (C=O) groups excluding carboxylic acids is 1. The summed E-state index contributed by atoms with van der Waals surface area (Å²) in [5.41, 5.74) is 0. The van der Waals surface area contributed by atoms with Crippen LogP contribution < -0.4 is 0 Å². The van der Waals surface area contributed by atoms with Gasteiger partial charge in [-0.2, -0.15) is 0 Å². The van der Waals surface area contributed by atoms with E-state index in [1.54, 1.807) is 18.0 Å². The summed E-state index contributed by atoms with van der Waals surface area (Å²) >= 11 is 1.61. The Kier molecular flexibility index (Phi) is 4.74. The van der Waals surface area contributed by atoms with E-state index in [4.69, 9.17) is 4.42 Å². The van der Waals surface area contributed by atoms with Crippen molar-refractivity contribution in [1.82, 2.24) is 14.8 Å². The van der Waals surface area contributed by atoms with E-state index in [0.29, 0.717) is 18.2 Å². The predicted molar refractivity (Wildman–Crippen MR) is 93.0 cm³/mol. The lowest BCUT2D eigenvalue weighted by molar-refractivity contribution is -0.119. The molecule has 2 aromatic heterocycles. The highest BCUT2D eigenvalue weighted by molar-refractivity contribution is 8.00. The van der Waals surface area contributed by atoms with E-state index in [0.717, 1.165) is 48.8 Å². The van der Waals surface area contributed by atoms with Gasteiger partial charge in [-0.25, -0.2) is 0 Å². The van der Waals surface area contributed by atoms with Crippen molar-refractivity contribution in [1.29, 1.82) is 0 Å². The number of furan rings is 1. The Balaban J connectivity index is 1.66. The molecule has 24 heavy (non-hydrogen) atoms. The van der Waals surface area contributed by atoms with Crippen LogP contribution in [-0.2, 0) is 4.79 Å². The monoisotopic (exact) mass is 345 g/mol. The number of carbonyl (C=O) groups is 1. The zero-order valence-corrected chi connectivity index (χ0v) is 14.6. The minimum Gasteiger partial charge on any atom is -0.461 e. The number of Topliss-reactive ketones (excluding diaryl/α,β-unsaturated/α-hetero) is 1. The Morgan fingerprint density at radius 3 is 2.67 bits per heavy atom. The quantitative estimate of drug-likeness (QED) is 0.807. The van der Waals surface area contributed by atoms with Crippen molar-refractivity contribution in [3.63, 3.8) is 0 Å². The molecule has 0 bridgehead atoms. The molecule has 0 saturated heterocycles. The van der Waals surface area contributed by atoms with Gasteiger partial charge in [0.2, 0.25) is 5.82 Å². The SMILES string of the molecule is O=C1CCCCC1Sc1nnc(-c2ccco2)n1C1CCCCC1. The molecule has 0 radical (unpaired) electrons. The molecule has 0 amide bonds. The molecular weight excluding hydrogens is 322 g/mol. The lowest BCUT2D eigenvalue weighted by Crippen LogP contribution is -2.23. The van der Waals surface area contributed by atoms with Gasteiger partial charge in [-0.15, -0.1) is 10.2 Å². The number of rotatable bonds is 4. The van der Waals surface area contributed by atoms with Crippen molar-refractivity contribution in [2.45, 2.75) is 74.2 Å². The average Bonchev–Trinajstić information content (AvgIpc) is 3.27. The van der Waals surface area contributed by atoms with E-state index in [1.165, 1.54) is 19.3 Å². The van der Waals surface area contributed by atoms with E-state index in [2.05, 4.69) is 14.8 Å². The fourth-order valence-corrected chi connectivity index (χ4v) is 5.03. The molecule has 128 valence electrons. The summed E-state index contributed by atoms with van der Waals surface area (Å²) in [4.78, 5) is 12.2. The number of aromatic nitrogens is 3. The molecule has 2 aromatic rings. The largest absolute Gasteiger partial charge is 0.461 e. The third-order valence-corrected chi connectivity index (χ3v) is 6.36. The van der Waals surface area contributed by atoms with Crippen molar-refractivity contribution in [2.75, 3.05) is 0 Å². The smallest absolute Gasteiger partial charge is 0.200 e. The van der Waals surface area contributed by atoms with Crippen LogP contribution in [0.2, 0.25) is 0 Å². The fourth-order valence-electron chi connectivity index (χ4n) is 3.80. The summed E-state index contributed by atoms with van der Waals surface area (Å²) in [5, 5.41) is 9.77. The Morgan fingerprint density at radius 1 is 1.08 bits per heavy atom. The zero-order valence-electron chi connectivity index (χ0n) is 13.8. The van der Waals surface area contributed by atoms with Crippen LogP contribution >= 0.6 is 11.8 Å². The molecule has 2 aliphatic carbocycles. The van der Waals surface area contributed by atoms with Crippen LogP contribution in [0.15, 0.2) is 28.0 Å². The molecule has 1 atom stereocenters. The third kappa shape index (κ3) is 3.16. The van der Waals surface area contributed by atoms with Gasteiger partial charge in [0.25, 0.3) is 0 Å². The third-order valence-electron chi connectivity index (χ3n) is 5.09. The molecule has 0 aromatic carbocycles. The minimum atomic E-state index is 0.0368. The van der Waals surface area contributed by atoms with Crippen LogP contribution in [0, 0.1) is 0 Å². The van der Waals surface area contributed by atoms with Crippen molar-refractivity contribution < 1.29 is 9.21 Å². The van der Waals surface area contributed by atoms with Crippen LogP contribution in [-0.4, -0.2) is 25.8 Å². The highest BCUT2D eigenvalue weighted by Gasteiger charge is 2.29. The van der Waals surface area contributed by atoms with Crippen LogP contribution in [0.25, 0.3) is 11.6 Å². The summed E-state index contributed by atoms with van der Waals surface area (Å²) < 4.78 is 7.82. The molecule has 2 aliphatic rings. The molecule has 1 unspecified atom stereocenters. The van der Waals surface area contributed by atoms with Crippen LogP contribution in [0.5, 0.6) is 0 Å². The first-order valence-corrected chi connectivity index (χ1v) is 9.89. The summed E-state index contributed by atoms with van der Waals surface area (Å²) in [6.07, 6.45) is 11.6. The molecule has 6 heteroatoms. The number of nitrogens with zero attached hydrogens (tertiary/aromatic N) is 3. The molecule has 0 spiro atoms. The summed E-state index contributed by atoms with van der Waals surface area (Å²) in [6, 6.07) is 4.23. The van der Waals surface area contributed by atoms with E-state index in [9.17, 15) is 4.79 Å². The number of hydrogen-bond donors (Lipinski definition) is 0. The molecule has 2 heterocycles. The van der Waals surface area contributed by atoms with Gasteiger partial charge >= 0.3 is 0 Å². The molecular formula is C18H23N3O2S. The maximum absolute atomic E-state index is 12.2. The van der Waals surface area contributed by atoms with Gasteiger partial charge in [0.15, 0.2) is 10.9 Å². The van der Waals surface area contributed by atoms with Crippen molar-refractivity contribution in [3.05, 3.63) is 18.4 Å². The number of thioether (sulfide) groups is 1. The Hall–Kier alpha value is -1.56. The molecule has 0 N–H and O–H groups in total. The highest BCUT2D eigenvalue weighted by Crippen LogP contribution is 2.38. The second-order valence-electron chi connectivity index (χ2n) is 6.76. The molecule has 2 saturated carbocycles. The Labute approximate surface area is 146 Å². The van der Waals surface area contributed by atoms with Crippen molar-refractivity contribution in [2.24, 2.45) is 0 Å². The highest BCUT2D eigenvalue weighted by atomic mass is 32.2. The minimum absolute atomic E-state index is 0.0368. The first-order chi connectivity index (χ1) is 11.8. The van der Waals surface area contributed by atoms with Gasteiger partial charge in [0, 0.05) is 12.5 Å². The Morgan fingerprint density at radius 2 is 1.92 bits per heavy atom. The maximum Gasteiger partial charge on any atom is 0.200 e. The van der Waals surface area contributed by atoms with Gasteiger partial charge in [-0.1, -0.05) is 37.4 Å². The number of ketones is 1. The van der Waals surface area contributed by atoms with E-state index in [-0.39, 0.29) is 5.25 Å². The topological polar surface area (TPSA) is 60.9 Å². The molecule has 5 nitrogen and oxygen atoms in total. The van der Waals surface area contributed by atoms with Gasteiger partial charge < -0.3 is 4.42 Å². The van der Waals surface area contributed by atoms with Crippen molar-refractivity contribution in [3.8, 4) is 11.6 Å². The molecule has 2 fully saturated rings. The average molecular weight is 345 g/mol. The Bertz CT molecular complexity index is 689. The van der Waals surface area contributed by atoms with Gasteiger partial charge in [-0.3, -0.25) is 9.36 Å². The fraction of sp³-hybridized carbons (Fsp3) is 0.611. The zero-order chi connectivity index (χ0) is 16.4. The van der Waals surface area contributed by atoms with E-state index >= 15 is 0 Å². The standard InChI is InChI=1S/C18H23N3O2S/c22-14-9-4-5-11-16(14)24-18-20-19-17(15-10-6-12-23-15)21(18)13-7-2-1-3-8-13/h6,10,12-13,16H,1-5,7-9,11H2. The summed E-state index contributed by atoms with van der Waals surface area (Å²) in [7, 11) is 0. The summed E-state index contributed by atoms with van der Waals surface area (Å²) in [5.74, 6) is 1.93. The van der Waals surface area contributed by atoms with Gasteiger partial charge in [-0.05, 0) is 37.8 Å². The van der Waals surface area contributed by atoms with Crippen LogP contribution in [0.3, 0.4) is 0 Å². The van der Waals surface area contributed by atoms with Crippen LogP contribution in [0.1, 0.15) is 63.8 Å². The van der Waals surface area contributed by atoms with E-state index in [1.807, 2.05) is 12.1 Å². The van der Waals surface area contributed by atoms with Crippen molar-refractivity contribution >= 4 is 17.5 Å². The van der Waals surface area contributed by atoms with Crippen LogP contribution in [0.4, 0.5) is 0 Å².